The van der Waals surface area contributed by atoms with Crippen LogP contribution < -0.4 is 10.2 Å². The number of piperidine rings is 1. The Morgan fingerprint density at radius 3 is 3.00 bits per heavy atom. The summed E-state index contributed by atoms with van der Waals surface area (Å²) in [4.78, 5) is 18.5. The molecule has 0 aliphatic carbocycles. The molecule has 4 nitrogen and oxygen atoms in total. The molecule has 2 heterocycles. The first kappa shape index (κ1) is 15.8. The molecule has 0 radical (unpaired) electrons. The quantitative estimate of drug-likeness (QED) is 0.926. The van der Waals surface area contributed by atoms with Crippen LogP contribution in [0.4, 0.5) is 5.69 Å². The summed E-state index contributed by atoms with van der Waals surface area (Å²) < 4.78 is 0. The van der Waals surface area contributed by atoms with Crippen molar-refractivity contribution in [2.75, 3.05) is 37.3 Å². The van der Waals surface area contributed by atoms with Crippen LogP contribution in [0.5, 0.6) is 0 Å². The SMILES string of the molecule is CNC1CCCN(C(C)C(=O)N2CCSc3ccccc32)C1. The van der Waals surface area contributed by atoms with E-state index in [1.165, 1.54) is 11.3 Å². The van der Waals surface area contributed by atoms with E-state index in [9.17, 15) is 4.79 Å². The first-order chi connectivity index (χ1) is 10.7. The number of anilines is 1. The molecule has 120 valence electrons. The molecule has 2 aliphatic heterocycles. The van der Waals surface area contributed by atoms with Gasteiger partial charge in [-0.05, 0) is 45.5 Å². The Bertz CT molecular complexity index is 536. The number of benzene rings is 1. The standard InChI is InChI=1S/C17H25N3OS/c1-13(19-9-5-6-14(12-19)18-2)17(21)20-10-11-22-16-8-4-3-7-15(16)20/h3-4,7-8,13-14,18H,5-6,9-12H2,1-2H3. The smallest absolute Gasteiger partial charge is 0.244 e. The number of rotatable bonds is 3. The molecule has 2 unspecified atom stereocenters. The largest absolute Gasteiger partial charge is 0.316 e. The van der Waals surface area contributed by atoms with Crippen molar-refractivity contribution in [1.29, 1.82) is 0 Å². The summed E-state index contributed by atoms with van der Waals surface area (Å²) in [6, 6.07) is 8.71. The number of carbonyl (C=O) groups is 1. The minimum atomic E-state index is -0.0488. The van der Waals surface area contributed by atoms with Gasteiger partial charge in [0.15, 0.2) is 0 Å². The van der Waals surface area contributed by atoms with Crippen LogP contribution in [0.1, 0.15) is 19.8 Å². The molecule has 1 fully saturated rings. The Morgan fingerprint density at radius 2 is 2.18 bits per heavy atom. The fourth-order valence-corrected chi connectivity index (χ4v) is 4.37. The van der Waals surface area contributed by atoms with Crippen molar-refractivity contribution in [3.05, 3.63) is 24.3 Å². The van der Waals surface area contributed by atoms with Crippen LogP contribution in [0, 0.1) is 0 Å². The van der Waals surface area contributed by atoms with Crippen molar-refractivity contribution >= 4 is 23.4 Å². The number of carbonyl (C=O) groups excluding carboxylic acids is 1. The minimum Gasteiger partial charge on any atom is -0.316 e. The molecular formula is C17H25N3OS. The number of thioether (sulfide) groups is 1. The molecule has 5 heteroatoms. The van der Waals surface area contributed by atoms with Crippen LogP contribution in [0.3, 0.4) is 0 Å². The summed E-state index contributed by atoms with van der Waals surface area (Å²) in [5, 5.41) is 3.35. The second-order valence-electron chi connectivity index (χ2n) is 6.10. The van der Waals surface area contributed by atoms with Gasteiger partial charge in [-0.15, -0.1) is 11.8 Å². The molecule has 0 spiro atoms. The molecule has 1 N–H and O–H groups in total. The van der Waals surface area contributed by atoms with Gasteiger partial charge in [0.1, 0.15) is 0 Å². The maximum atomic E-state index is 13.0. The topological polar surface area (TPSA) is 35.6 Å². The Labute approximate surface area is 137 Å². The van der Waals surface area contributed by atoms with Crippen molar-refractivity contribution in [2.45, 2.75) is 36.7 Å². The van der Waals surface area contributed by atoms with Crippen molar-refractivity contribution in [1.82, 2.24) is 10.2 Å². The van der Waals surface area contributed by atoms with Crippen molar-refractivity contribution in [2.24, 2.45) is 0 Å². The zero-order valence-corrected chi connectivity index (χ0v) is 14.2. The van der Waals surface area contributed by atoms with E-state index >= 15 is 0 Å². The first-order valence-corrected chi connectivity index (χ1v) is 9.14. The van der Waals surface area contributed by atoms with Gasteiger partial charge < -0.3 is 10.2 Å². The van der Waals surface area contributed by atoms with Crippen molar-refractivity contribution in [3.63, 3.8) is 0 Å². The fourth-order valence-electron chi connectivity index (χ4n) is 3.37. The van der Waals surface area contributed by atoms with Crippen LogP contribution in [0.25, 0.3) is 0 Å². The van der Waals surface area contributed by atoms with Gasteiger partial charge >= 0.3 is 0 Å². The Hall–Kier alpha value is -1.04. The number of fused-ring (bicyclic) bond motifs is 1. The number of nitrogens with zero attached hydrogens (tertiary/aromatic N) is 2. The predicted molar refractivity (Wildman–Crippen MR) is 92.6 cm³/mol. The van der Waals surface area contributed by atoms with E-state index in [1.54, 1.807) is 0 Å². The highest BCUT2D eigenvalue weighted by Crippen LogP contribution is 2.35. The van der Waals surface area contributed by atoms with Gasteiger partial charge in [-0.25, -0.2) is 0 Å². The monoisotopic (exact) mass is 319 g/mol. The minimum absolute atomic E-state index is 0.0488. The lowest BCUT2D eigenvalue weighted by atomic mass is 10.0. The summed E-state index contributed by atoms with van der Waals surface area (Å²) in [6.45, 7) is 4.86. The lowest BCUT2D eigenvalue weighted by Gasteiger charge is -2.39. The van der Waals surface area contributed by atoms with Crippen LogP contribution >= 0.6 is 11.8 Å². The molecular weight excluding hydrogens is 294 g/mol. The van der Waals surface area contributed by atoms with Gasteiger partial charge in [-0.2, -0.15) is 0 Å². The van der Waals surface area contributed by atoms with Crippen LogP contribution in [-0.4, -0.2) is 55.3 Å². The fraction of sp³-hybridized carbons (Fsp3) is 0.588. The number of nitrogens with one attached hydrogen (secondary N) is 1. The highest BCUT2D eigenvalue weighted by Gasteiger charge is 2.32. The summed E-state index contributed by atoms with van der Waals surface area (Å²) in [6.07, 6.45) is 2.37. The van der Waals surface area contributed by atoms with Crippen LogP contribution in [0.2, 0.25) is 0 Å². The molecule has 1 amide bonds. The lowest BCUT2D eigenvalue weighted by molar-refractivity contribution is -0.123. The first-order valence-electron chi connectivity index (χ1n) is 8.15. The number of amides is 1. The van der Waals surface area contributed by atoms with Crippen LogP contribution in [0.15, 0.2) is 29.2 Å². The summed E-state index contributed by atoms with van der Waals surface area (Å²) in [7, 11) is 2.01. The highest BCUT2D eigenvalue weighted by atomic mass is 32.2. The zero-order chi connectivity index (χ0) is 15.5. The second kappa shape index (κ2) is 7.02. The van der Waals surface area contributed by atoms with Crippen LogP contribution in [-0.2, 0) is 4.79 Å². The summed E-state index contributed by atoms with van der Waals surface area (Å²) in [5.74, 6) is 1.22. The molecule has 1 saturated heterocycles. The second-order valence-corrected chi connectivity index (χ2v) is 7.24. The Morgan fingerprint density at radius 1 is 1.36 bits per heavy atom. The molecule has 22 heavy (non-hydrogen) atoms. The summed E-state index contributed by atoms with van der Waals surface area (Å²) in [5.41, 5.74) is 1.08. The summed E-state index contributed by atoms with van der Waals surface area (Å²) >= 11 is 1.84. The molecule has 0 aromatic heterocycles. The predicted octanol–water partition coefficient (Wildman–Crippen LogP) is 2.20. The number of likely N-dealkylation sites (N-methyl/N-ethyl adjacent to an activating group) is 1. The molecule has 1 aromatic carbocycles. The van der Waals surface area contributed by atoms with Gasteiger partial charge in [-0.1, -0.05) is 12.1 Å². The number of para-hydroxylation sites is 1. The Balaban J connectivity index is 1.74. The number of hydrogen-bond donors (Lipinski definition) is 1. The number of hydrogen-bond acceptors (Lipinski definition) is 4. The molecule has 2 aliphatic rings. The van der Waals surface area contributed by atoms with Gasteiger partial charge in [0.05, 0.1) is 11.7 Å². The van der Waals surface area contributed by atoms with E-state index in [0.717, 1.165) is 37.5 Å². The third-order valence-corrected chi connectivity index (χ3v) is 5.80. The van der Waals surface area contributed by atoms with Crippen molar-refractivity contribution in [3.8, 4) is 0 Å². The third kappa shape index (κ3) is 3.16. The maximum absolute atomic E-state index is 13.0. The molecule has 2 atom stereocenters. The molecule has 0 bridgehead atoms. The van der Waals surface area contributed by atoms with Gasteiger partial charge in [0, 0.05) is 29.8 Å². The Kier molecular flexibility index (Phi) is 5.06. The average molecular weight is 319 g/mol. The van der Waals surface area contributed by atoms with Crippen molar-refractivity contribution < 1.29 is 4.79 Å². The van der Waals surface area contributed by atoms with E-state index in [-0.39, 0.29) is 11.9 Å². The highest BCUT2D eigenvalue weighted by molar-refractivity contribution is 7.99. The zero-order valence-electron chi connectivity index (χ0n) is 13.4. The molecule has 0 saturated carbocycles. The van der Waals surface area contributed by atoms with E-state index < -0.39 is 0 Å². The number of likely N-dealkylation sites (tertiary alicyclic amines) is 1. The lowest BCUT2D eigenvalue weighted by Crippen LogP contribution is -2.54. The average Bonchev–Trinajstić information content (AvgIpc) is 2.60. The van der Waals surface area contributed by atoms with E-state index in [1.807, 2.05) is 35.8 Å². The van der Waals surface area contributed by atoms with E-state index in [0.29, 0.717) is 6.04 Å². The van der Waals surface area contributed by atoms with E-state index in [2.05, 4.69) is 29.3 Å². The third-order valence-electron chi connectivity index (χ3n) is 4.76. The molecule has 1 aromatic rings. The molecule has 3 rings (SSSR count). The van der Waals surface area contributed by atoms with Gasteiger partial charge in [0.25, 0.3) is 0 Å². The van der Waals surface area contributed by atoms with Gasteiger partial charge in [-0.3, -0.25) is 9.69 Å². The maximum Gasteiger partial charge on any atom is 0.244 e. The normalized spacial score (nSPS) is 23.9. The van der Waals surface area contributed by atoms with Gasteiger partial charge in [0.2, 0.25) is 5.91 Å². The van der Waals surface area contributed by atoms with E-state index in [4.69, 9.17) is 0 Å².